The van der Waals surface area contributed by atoms with Crippen molar-refractivity contribution in [3.63, 3.8) is 0 Å². The van der Waals surface area contributed by atoms with Gasteiger partial charge in [-0.15, -0.1) is 0 Å². The lowest BCUT2D eigenvalue weighted by molar-refractivity contribution is -0.120. The smallest absolute Gasteiger partial charge is 0.210 e. The van der Waals surface area contributed by atoms with Crippen LogP contribution in [0.4, 0.5) is 0 Å². The van der Waals surface area contributed by atoms with E-state index in [-0.39, 0.29) is 6.04 Å². The first-order valence-corrected chi connectivity index (χ1v) is 9.24. The van der Waals surface area contributed by atoms with E-state index in [2.05, 4.69) is 11.1 Å². The normalized spacial score (nSPS) is 16.3. The summed E-state index contributed by atoms with van der Waals surface area (Å²) in [4.78, 5) is 16.9. The summed E-state index contributed by atoms with van der Waals surface area (Å²) in [7, 11) is 3.26. The first-order valence-electron chi connectivity index (χ1n) is 8.86. The quantitative estimate of drug-likeness (QED) is 0.673. The highest BCUT2D eigenvalue weighted by Gasteiger charge is 2.29. The number of methoxy groups -OCH3 is 2. The van der Waals surface area contributed by atoms with Gasteiger partial charge in [0.15, 0.2) is 11.5 Å². The van der Waals surface area contributed by atoms with Gasteiger partial charge in [-0.1, -0.05) is 23.7 Å². The molecule has 6 heteroatoms. The van der Waals surface area contributed by atoms with Crippen molar-refractivity contribution in [2.75, 3.05) is 20.8 Å². The molecule has 0 radical (unpaired) electrons. The van der Waals surface area contributed by atoms with Crippen LogP contribution >= 0.6 is 11.6 Å². The van der Waals surface area contributed by atoms with Gasteiger partial charge in [-0.2, -0.15) is 0 Å². The Morgan fingerprint density at radius 1 is 1.26 bits per heavy atom. The predicted octanol–water partition coefficient (Wildman–Crippen LogP) is 4.14. The van der Waals surface area contributed by atoms with Crippen molar-refractivity contribution < 1.29 is 14.3 Å². The van der Waals surface area contributed by atoms with E-state index >= 15 is 0 Å². The van der Waals surface area contributed by atoms with Gasteiger partial charge in [0.25, 0.3) is 0 Å². The average molecular weight is 385 g/mol. The molecule has 1 aromatic heterocycles. The van der Waals surface area contributed by atoms with E-state index in [1.807, 2.05) is 35.4 Å². The molecule has 0 spiro atoms. The molecular weight excluding hydrogens is 364 g/mol. The van der Waals surface area contributed by atoms with Crippen molar-refractivity contribution in [3.8, 4) is 11.5 Å². The SMILES string of the molecule is COc1cc2c(cc1OC)[C@H](Cc1c[nH]c3c(Cl)cccc13)N(C=O)CC2. The zero-order valence-electron chi connectivity index (χ0n) is 15.3. The molecule has 1 amide bonds. The van der Waals surface area contributed by atoms with Crippen LogP contribution in [0.5, 0.6) is 11.5 Å². The fraction of sp³-hybridized carbons (Fsp3) is 0.286. The molecule has 0 unspecified atom stereocenters. The Morgan fingerprint density at radius 2 is 2.04 bits per heavy atom. The third-order valence-electron chi connectivity index (χ3n) is 5.34. The fourth-order valence-corrected chi connectivity index (χ4v) is 4.18. The molecule has 27 heavy (non-hydrogen) atoms. The number of para-hydroxylation sites is 1. The summed E-state index contributed by atoms with van der Waals surface area (Å²) in [5.41, 5.74) is 4.35. The first kappa shape index (κ1) is 17.7. The van der Waals surface area contributed by atoms with E-state index in [0.717, 1.165) is 34.9 Å². The molecule has 1 N–H and O–H groups in total. The number of aromatic nitrogens is 1. The summed E-state index contributed by atoms with van der Waals surface area (Å²) in [6.07, 6.45) is 4.41. The number of halogens is 1. The summed E-state index contributed by atoms with van der Waals surface area (Å²) in [6, 6.07) is 9.82. The van der Waals surface area contributed by atoms with Gasteiger partial charge in [-0.25, -0.2) is 0 Å². The largest absolute Gasteiger partial charge is 0.493 e. The topological polar surface area (TPSA) is 54.6 Å². The van der Waals surface area contributed by atoms with Gasteiger partial charge in [0, 0.05) is 18.1 Å². The maximum absolute atomic E-state index is 11.7. The van der Waals surface area contributed by atoms with Crippen LogP contribution in [0.25, 0.3) is 10.9 Å². The van der Waals surface area contributed by atoms with Gasteiger partial charge in [-0.3, -0.25) is 4.79 Å². The highest BCUT2D eigenvalue weighted by molar-refractivity contribution is 6.35. The number of hydrogen-bond donors (Lipinski definition) is 1. The second-order valence-corrected chi connectivity index (χ2v) is 7.10. The summed E-state index contributed by atoms with van der Waals surface area (Å²) < 4.78 is 10.9. The van der Waals surface area contributed by atoms with E-state index < -0.39 is 0 Å². The van der Waals surface area contributed by atoms with E-state index in [1.165, 1.54) is 5.56 Å². The molecule has 5 nitrogen and oxygen atoms in total. The molecular formula is C21H21ClN2O3. The second kappa shape index (κ2) is 7.16. The van der Waals surface area contributed by atoms with Crippen LogP contribution in [0.3, 0.4) is 0 Å². The molecule has 0 bridgehead atoms. The molecule has 3 aromatic rings. The van der Waals surface area contributed by atoms with Crippen molar-refractivity contribution in [2.45, 2.75) is 18.9 Å². The summed E-state index contributed by atoms with van der Waals surface area (Å²) in [6.45, 7) is 0.680. The Bertz CT molecular complexity index is 999. The molecule has 2 heterocycles. The minimum Gasteiger partial charge on any atom is -0.493 e. The van der Waals surface area contributed by atoms with Gasteiger partial charge >= 0.3 is 0 Å². The Balaban J connectivity index is 1.79. The average Bonchev–Trinajstić information content (AvgIpc) is 3.11. The lowest BCUT2D eigenvalue weighted by Crippen LogP contribution is -2.35. The zero-order valence-corrected chi connectivity index (χ0v) is 16.0. The minimum atomic E-state index is -0.0657. The van der Waals surface area contributed by atoms with Gasteiger partial charge in [0.2, 0.25) is 6.41 Å². The molecule has 4 rings (SSSR count). The number of aromatic amines is 1. The zero-order chi connectivity index (χ0) is 19.0. The molecule has 0 saturated heterocycles. The number of benzene rings is 2. The number of ether oxygens (including phenoxy) is 2. The third kappa shape index (κ3) is 3.02. The van der Waals surface area contributed by atoms with E-state index in [0.29, 0.717) is 29.5 Å². The molecule has 0 aliphatic carbocycles. The van der Waals surface area contributed by atoms with Crippen molar-refractivity contribution in [2.24, 2.45) is 0 Å². The second-order valence-electron chi connectivity index (χ2n) is 6.70. The van der Waals surface area contributed by atoms with Crippen LogP contribution in [-0.4, -0.2) is 37.1 Å². The lowest BCUT2D eigenvalue weighted by Gasteiger charge is -2.35. The molecule has 1 aliphatic rings. The van der Waals surface area contributed by atoms with Gasteiger partial charge in [-0.05, 0) is 47.7 Å². The number of nitrogens with one attached hydrogen (secondary N) is 1. The fourth-order valence-electron chi connectivity index (χ4n) is 3.95. The van der Waals surface area contributed by atoms with Crippen LogP contribution in [0, 0.1) is 0 Å². The first-order chi connectivity index (χ1) is 13.2. The van der Waals surface area contributed by atoms with Gasteiger partial charge in [0.05, 0.1) is 30.8 Å². The van der Waals surface area contributed by atoms with Crippen LogP contribution in [0.2, 0.25) is 5.02 Å². The van der Waals surface area contributed by atoms with Gasteiger partial charge < -0.3 is 19.4 Å². The number of hydrogen-bond acceptors (Lipinski definition) is 3. The summed E-state index contributed by atoms with van der Waals surface area (Å²) in [5, 5.41) is 1.78. The van der Waals surface area contributed by atoms with Crippen LogP contribution < -0.4 is 9.47 Å². The maximum atomic E-state index is 11.7. The Labute approximate surface area is 162 Å². The number of fused-ring (bicyclic) bond motifs is 2. The third-order valence-corrected chi connectivity index (χ3v) is 5.66. The number of H-pyrrole nitrogens is 1. The highest BCUT2D eigenvalue weighted by atomic mass is 35.5. The van der Waals surface area contributed by atoms with Crippen molar-refractivity contribution in [1.29, 1.82) is 0 Å². The van der Waals surface area contributed by atoms with E-state index in [9.17, 15) is 4.79 Å². The number of carbonyl (C=O) groups is 1. The standard InChI is InChI=1S/C21H21ClN2O3/c1-26-19-9-13-6-7-24(12-25)18(16(13)10-20(19)27-2)8-14-11-23-21-15(14)4-3-5-17(21)22/h3-5,9-12,18,23H,6-8H2,1-2H3/t18-/m0/s1. The lowest BCUT2D eigenvalue weighted by atomic mass is 9.88. The minimum absolute atomic E-state index is 0.0657. The Hall–Kier alpha value is -2.66. The Kier molecular flexibility index (Phi) is 4.70. The Morgan fingerprint density at radius 3 is 2.78 bits per heavy atom. The van der Waals surface area contributed by atoms with Crippen LogP contribution in [-0.2, 0) is 17.6 Å². The maximum Gasteiger partial charge on any atom is 0.210 e. The molecule has 0 saturated carbocycles. The molecule has 140 valence electrons. The van der Waals surface area contributed by atoms with Gasteiger partial charge in [0.1, 0.15) is 0 Å². The van der Waals surface area contributed by atoms with Crippen molar-refractivity contribution in [3.05, 3.63) is 58.2 Å². The molecule has 2 aromatic carbocycles. The number of rotatable bonds is 5. The monoisotopic (exact) mass is 384 g/mol. The predicted molar refractivity (Wildman–Crippen MR) is 106 cm³/mol. The number of nitrogens with zero attached hydrogens (tertiary/aromatic N) is 1. The number of carbonyl (C=O) groups excluding carboxylic acids is 1. The van der Waals surface area contributed by atoms with E-state index in [1.54, 1.807) is 14.2 Å². The van der Waals surface area contributed by atoms with Crippen molar-refractivity contribution in [1.82, 2.24) is 9.88 Å². The van der Waals surface area contributed by atoms with E-state index in [4.69, 9.17) is 21.1 Å². The molecule has 0 fully saturated rings. The molecule has 1 aliphatic heterocycles. The summed E-state index contributed by atoms with van der Waals surface area (Å²) >= 11 is 6.29. The molecule has 1 atom stereocenters. The number of amides is 1. The van der Waals surface area contributed by atoms with Crippen LogP contribution in [0.15, 0.2) is 36.5 Å². The summed E-state index contributed by atoms with van der Waals surface area (Å²) in [5.74, 6) is 1.39. The highest BCUT2D eigenvalue weighted by Crippen LogP contribution is 2.40. The van der Waals surface area contributed by atoms with Crippen LogP contribution in [0.1, 0.15) is 22.7 Å². The van der Waals surface area contributed by atoms with Crippen molar-refractivity contribution >= 4 is 28.9 Å².